The molecule has 0 radical (unpaired) electrons. The molecule has 1 aromatic rings. The number of carboxylic acids is 1. The van der Waals surface area contributed by atoms with Crippen molar-refractivity contribution >= 4 is 17.6 Å². The van der Waals surface area contributed by atoms with Gasteiger partial charge in [-0.25, -0.2) is 8.78 Å². The molecule has 0 aromatic heterocycles. The van der Waals surface area contributed by atoms with Crippen molar-refractivity contribution in [3.63, 3.8) is 0 Å². The van der Waals surface area contributed by atoms with Gasteiger partial charge in [-0.15, -0.1) is 0 Å². The minimum atomic E-state index is -1.11. The number of halogens is 2. The number of hydrogen-bond donors (Lipinski definition) is 1. The normalized spacial score (nSPS) is 19.4. The smallest absolute Gasteiger partial charge is 0.308 e. The molecule has 1 saturated heterocycles. The lowest BCUT2D eigenvalue weighted by atomic mass is 10.1. The van der Waals surface area contributed by atoms with E-state index in [4.69, 9.17) is 5.11 Å². The van der Waals surface area contributed by atoms with Crippen LogP contribution in [0.5, 0.6) is 0 Å². The summed E-state index contributed by atoms with van der Waals surface area (Å²) in [5, 5.41) is 8.82. The van der Waals surface area contributed by atoms with Crippen LogP contribution in [0.1, 0.15) is 12.0 Å². The molecule has 96 valence electrons. The van der Waals surface area contributed by atoms with Crippen LogP contribution >= 0.6 is 0 Å². The van der Waals surface area contributed by atoms with Crippen LogP contribution in [-0.2, 0) is 9.59 Å². The van der Waals surface area contributed by atoms with Gasteiger partial charge in [0.2, 0.25) is 5.91 Å². The monoisotopic (exact) mass is 255 g/mol. The van der Waals surface area contributed by atoms with Gasteiger partial charge >= 0.3 is 5.97 Å². The summed E-state index contributed by atoms with van der Waals surface area (Å²) in [5.41, 5.74) is -0.0652. The largest absolute Gasteiger partial charge is 0.481 e. The number of hydrogen-bond acceptors (Lipinski definition) is 2. The summed E-state index contributed by atoms with van der Waals surface area (Å²) >= 11 is 0. The van der Waals surface area contributed by atoms with Crippen LogP contribution in [-0.4, -0.2) is 23.5 Å². The van der Waals surface area contributed by atoms with Crippen molar-refractivity contribution in [2.45, 2.75) is 13.3 Å². The highest BCUT2D eigenvalue weighted by Gasteiger charge is 2.36. The summed E-state index contributed by atoms with van der Waals surface area (Å²) in [7, 11) is 0. The maximum atomic E-state index is 13.7. The van der Waals surface area contributed by atoms with Crippen LogP contribution in [0.2, 0.25) is 0 Å². The molecule has 6 heteroatoms. The molecule has 1 heterocycles. The Labute approximate surface area is 102 Å². The van der Waals surface area contributed by atoms with E-state index >= 15 is 0 Å². The van der Waals surface area contributed by atoms with Gasteiger partial charge in [-0.05, 0) is 18.6 Å². The van der Waals surface area contributed by atoms with E-state index in [-0.39, 0.29) is 24.2 Å². The number of amides is 1. The lowest BCUT2D eigenvalue weighted by Crippen LogP contribution is -2.27. The number of carboxylic acid groups (broad SMARTS) is 1. The molecule has 0 aliphatic carbocycles. The predicted molar refractivity (Wildman–Crippen MR) is 59.2 cm³/mol. The number of carbonyl (C=O) groups excluding carboxylic acids is 1. The first-order chi connectivity index (χ1) is 8.40. The molecule has 1 aliphatic rings. The zero-order valence-corrected chi connectivity index (χ0v) is 9.61. The third-order valence-electron chi connectivity index (χ3n) is 2.99. The van der Waals surface area contributed by atoms with Gasteiger partial charge in [0.15, 0.2) is 0 Å². The standard InChI is InChI=1S/C12H11F2NO3/c1-6-2-9(14)10(4-8(6)13)15-5-7(12(17)18)3-11(15)16/h2,4,7H,3,5H2,1H3,(H,17,18). The van der Waals surface area contributed by atoms with Crippen molar-refractivity contribution in [1.82, 2.24) is 0 Å². The Bertz CT molecular complexity index is 530. The Balaban J connectivity index is 2.35. The van der Waals surface area contributed by atoms with Crippen LogP contribution in [0.15, 0.2) is 12.1 Å². The minimum absolute atomic E-state index is 0.131. The summed E-state index contributed by atoms with van der Waals surface area (Å²) in [6, 6.07) is 1.92. The van der Waals surface area contributed by atoms with Gasteiger partial charge in [0, 0.05) is 19.0 Å². The highest BCUT2D eigenvalue weighted by Crippen LogP contribution is 2.29. The third kappa shape index (κ3) is 2.05. The molecule has 1 aromatic carbocycles. The van der Waals surface area contributed by atoms with Crippen molar-refractivity contribution in [1.29, 1.82) is 0 Å². The van der Waals surface area contributed by atoms with E-state index in [1.165, 1.54) is 6.92 Å². The van der Waals surface area contributed by atoms with Crippen molar-refractivity contribution in [3.8, 4) is 0 Å². The van der Waals surface area contributed by atoms with Crippen molar-refractivity contribution < 1.29 is 23.5 Å². The number of carbonyl (C=O) groups is 2. The summed E-state index contributed by atoms with van der Waals surface area (Å²) in [5.74, 6) is -3.85. The van der Waals surface area contributed by atoms with Crippen molar-refractivity contribution in [3.05, 3.63) is 29.3 Å². The molecule has 0 spiro atoms. The van der Waals surface area contributed by atoms with Gasteiger partial charge in [-0.1, -0.05) is 0 Å². The second-order valence-electron chi connectivity index (χ2n) is 4.30. The molecule has 2 rings (SSSR count). The fourth-order valence-electron chi connectivity index (χ4n) is 1.95. The molecule has 0 saturated carbocycles. The lowest BCUT2D eigenvalue weighted by Gasteiger charge is -2.17. The van der Waals surface area contributed by atoms with E-state index in [0.29, 0.717) is 0 Å². The van der Waals surface area contributed by atoms with Crippen LogP contribution in [0.4, 0.5) is 14.5 Å². The number of nitrogens with zero attached hydrogens (tertiary/aromatic N) is 1. The maximum absolute atomic E-state index is 13.7. The minimum Gasteiger partial charge on any atom is -0.481 e. The Hall–Kier alpha value is -1.98. The van der Waals surface area contributed by atoms with Gasteiger partial charge in [-0.2, -0.15) is 0 Å². The number of aryl methyl sites for hydroxylation is 1. The van der Waals surface area contributed by atoms with Crippen LogP contribution in [0, 0.1) is 24.5 Å². The second-order valence-corrected chi connectivity index (χ2v) is 4.30. The maximum Gasteiger partial charge on any atom is 0.308 e. The summed E-state index contributed by atoms with van der Waals surface area (Å²) in [4.78, 5) is 23.4. The number of rotatable bonds is 2. The van der Waals surface area contributed by atoms with Gasteiger partial charge in [0.25, 0.3) is 0 Å². The Kier molecular flexibility index (Phi) is 3.02. The molecule has 18 heavy (non-hydrogen) atoms. The molecular formula is C12H11F2NO3. The highest BCUT2D eigenvalue weighted by atomic mass is 19.1. The number of aliphatic carboxylic acids is 1. The molecular weight excluding hydrogens is 244 g/mol. The van der Waals surface area contributed by atoms with E-state index in [1.54, 1.807) is 0 Å². The molecule has 1 unspecified atom stereocenters. The van der Waals surface area contributed by atoms with E-state index in [2.05, 4.69) is 0 Å². The number of benzene rings is 1. The lowest BCUT2D eigenvalue weighted by molar-refractivity contribution is -0.141. The van der Waals surface area contributed by atoms with Crippen LogP contribution in [0.3, 0.4) is 0 Å². The van der Waals surface area contributed by atoms with E-state index in [9.17, 15) is 18.4 Å². The Morgan fingerprint density at radius 2 is 2.06 bits per heavy atom. The summed E-state index contributed by atoms with van der Waals surface area (Å²) in [6.45, 7) is 1.28. The van der Waals surface area contributed by atoms with Crippen molar-refractivity contribution in [2.75, 3.05) is 11.4 Å². The zero-order chi connectivity index (χ0) is 13.4. The molecule has 1 aliphatic heterocycles. The molecule has 4 nitrogen and oxygen atoms in total. The summed E-state index contributed by atoms with van der Waals surface area (Å²) in [6.07, 6.45) is -0.190. The van der Waals surface area contributed by atoms with E-state index < -0.39 is 29.4 Å². The zero-order valence-electron chi connectivity index (χ0n) is 9.61. The topological polar surface area (TPSA) is 57.6 Å². The van der Waals surface area contributed by atoms with Gasteiger partial charge in [-0.3, -0.25) is 9.59 Å². The van der Waals surface area contributed by atoms with Gasteiger partial charge in [0.05, 0.1) is 11.6 Å². The predicted octanol–water partition coefficient (Wildman–Crippen LogP) is 1.71. The first-order valence-corrected chi connectivity index (χ1v) is 5.39. The van der Waals surface area contributed by atoms with Gasteiger partial charge in [0.1, 0.15) is 11.6 Å². The van der Waals surface area contributed by atoms with Crippen LogP contribution in [0.25, 0.3) is 0 Å². The fraction of sp³-hybridized carbons (Fsp3) is 0.333. The van der Waals surface area contributed by atoms with Crippen LogP contribution < -0.4 is 4.90 Å². The van der Waals surface area contributed by atoms with Crippen molar-refractivity contribution in [2.24, 2.45) is 5.92 Å². The average molecular weight is 255 g/mol. The van der Waals surface area contributed by atoms with Gasteiger partial charge < -0.3 is 10.0 Å². The third-order valence-corrected chi connectivity index (χ3v) is 2.99. The SMILES string of the molecule is Cc1cc(F)c(N2CC(C(=O)O)CC2=O)cc1F. The highest BCUT2D eigenvalue weighted by molar-refractivity contribution is 5.99. The Morgan fingerprint density at radius 1 is 1.39 bits per heavy atom. The first-order valence-electron chi connectivity index (χ1n) is 5.39. The van der Waals surface area contributed by atoms with E-state index in [0.717, 1.165) is 17.0 Å². The summed E-state index contributed by atoms with van der Waals surface area (Å²) < 4.78 is 27.1. The number of anilines is 1. The second kappa shape index (κ2) is 4.36. The fourth-order valence-corrected chi connectivity index (χ4v) is 1.95. The molecule has 1 atom stereocenters. The molecule has 1 fully saturated rings. The molecule has 0 bridgehead atoms. The Morgan fingerprint density at radius 3 is 2.61 bits per heavy atom. The average Bonchev–Trinajstić information content (AvgIpc) is 2.66. The first kappa shape index (κ1) is 12.5. The quantitative estimate of drug-likeness (QED) is 0.875. The molecule has 1 N–H and O–H groups in total. The molecule has 1 amide bonds. The van der Waals surface area contributed by atoms with E-state index in [1.807, 2.05) is 0 Å².